The van der Waals surface area contributed by atoms with Gasteiger partial charge in [-0.05, 0) is 12.2 Å². The zero-order valence-electron chi connectivity index (χ0n) is 8.24. The van der Waals surface area contributed by atoms with Crippen LogP contribution in [0.5, 0.6) is 0 Å². The van der Waals surface area contributed by atoms with Gasteiger partial charge in [-0.1, -0.05) is 0 Å². The van der Waals surface area contributed by atoms with Gasteiger partial charge in [0.1, 0.15) is 18.3 Å². The molecule has 7 heteroatoms. The summed E-state index contributed by atoms with van der Waals surface area (Å²) in [6, 6.07) is -0.902. The zero-order valence-corrected chi connectivity index (χ0v) is 9.05. The Bertz CT molecular complexity index is 237. The second-order valence-electron chi connectivity index (χ2n) is 3.39. The second-order valence-corrected chi connectivity index (χ2v) is 3.97. The quantitative estimate of drug-likeness (QED) is 0.416. The van der Waals surface area contributed by atoms with E-state index in [0.717, 1.165) is 0 Å². The molecule has 5 N–H and O–H groups in total. The Morgan fingerprint density at radius 3 is 2.53 bits per heavy atom. The lowest BCUT2D eigenvalue weighted by Gasteiger charge is -2.40. The van der Waals surface area contributed by atoms with Crippen molar-refractivity contribution in [2.75, 3.05) is 6.61 Å². The summed E-state index contributed by atoms with van der Waals surface area (Å²) in [5.41, 5.74) is 5.58. The number of ether oxygens (including phenoxy) is 2. The minimum absolute atomic E-state index is 0.218. The Hall–Kier alpha value is -0.310. The Morgan fingerprint density at radius 1 is 1.47 bits per heavy atom. The topological polar surface area (TPSA) is 105 Å². The van der Waals surface area contributed by atoms with Gasteiger partial charge in [-0.3, -0.25) is 0 Å². The molecule has 1 heterocycles. The number of rotatable bonds is 2. The molecule has 6 nitrogen and oxygen atoms in total. The van der Waals surface area contributed by atoms with Gasteiger partial charge in [0.2, 0.25) is 6.29 Å². The van der Waals surface area contributed by atoms with Crippen LogP contribution in [0, 0.1) is 0 Å². The zero-order chi connectivity index (χ0) is 11.6. The fourth-order valence-corrected chi connectivity index (χ4v) is 1.47. The predicted octanol–water partition coefficient (Wildman–Crippen LogP) is -1.88. The molecule has 0 bridgehead atoms. The molecule has 0 aromatic heterocycles. The smallest absolute Gasteiger partial charge is 0.218 e. The van der Waals surface area contributed by atoms with Crippen LogP contribution in [0.1, 0.15) is 6.92 Å². The van der Waals surface area contributed by atoms with E-state index >= 15 is 0 Å². The molecule has 1 fully saturated rings. The minimum atomic E-state index is -1.23. The van der Waals surface area contributed by atoms with Crippen molar-refractivity contribution in [3.8, 4) is 0 Å². The Labute approximate surface area is 92.6 Å². The molecule has 0 aromatic carbocycles. The SMILES string of the molecule is CC(=S)OC1O[C@H](CO)[C@@H](O)[C@H](O)[C@@H]1N. The standard InChI is InChI=1S/C8H15NO5S/c1-3(15)13-8-5(9)7(12)6(11)4(2-10)14-8/h4-8,10-12H,2,9H2,1H3/t4-,5+,6-,7-,8?/m1/s1. The highest BCUT2D eigenvalue weighted by molar-refractivity contribution is 7.80. The lowest BCUT2D eigenvalue weighted by atomic mass is 9.98. The maximum Gasteiger partial charge on any atom is 0.218 e. The lowest BCUT2D eigenvalue weighted by Crippen LogP contribution is -2.62. The van der Waals surface area contributed by atoms with Crippen LogP contribution in [-0.2, 0) is 9.47 Å². The van der Waals surface area contributed by atoms with Crippen molar-refractivity contribution in [2.24, 2.45) is 5.73 Å². The molecule has 0 spiro atoms. The highest BCUT2D eigenvalue weighted by atomic mass is 32.1. The lowest BCUT2D eigenvalue weighted by molar-refractivity contribution is -0.242. The van der Waals surface area contributed by atoms with Crippen molar-refractivity contribution in [3.05, 3.63) is 0 Å². The van der Waals surface area contributed by atoms with Crippen molar-refractivity contribution < 1.29 is 24.8 Å². The number of aliphatic hydroxyl groups excluding tert-OH is 3. The molecule has 0 aromatic rings. The summed E-state index contributed by atoms with van der Waals surface area (Å²) in [6.45, 7) is 1.11. The van der Waals surface area contributed by atoms with E-state index in [0.29, 0.717) is 0 Å². The molecular weight excluding hydrogens is 222 g/mol. The van der Waals surface area contributed by atoms with Crippen molar-refractivity contribution in [1.29, 1.82) is 0 Å². The maximum atomic E-state index is 9.54. The van der Waals surface area contributed by atoms with E-state index in [2.05, 4.69) is 0 Å². The van der Waals surface area contributed by atoms with Crippen molar-refractivity contribution in [3.63, 3.8) is 0 Å². The molecule has 88 valence electrons. The number of hydrogen-bond acceptors (Lipinski definition) is 7. The molecule has 0 aliphatic carbocycles. The maximum absolute atomic E-state index is 9.54. The normalized spacial score (nSPS) is 41.3. The monoisotopic (exact) mass is 237 g/mol. The van der Waals surface area contributed by atoms with Crippen LogP contribution >= 0.6 is 12.2 Å². The average molecular weight is 237 g/mol. The highest BCUT2D eigenvalue weighted by Crippen LogP contribution is 2.20. The van der Waals surface area contributed by atoms with Crippen LogP contribution in [0.4, 0.5) is 0 Å². The Balaban J connectivity index is 2.69. The van der Waals surface area contributed by atoms with E-state index in [1.165, 1.54) is 6.92 Å². The number of aliphatic hydroxyl groups is 3. The van der Waals surface area contributed by atoms with Crippen molar-refractivity contribution >= 4 is 17.3 Å². The van der Waals surface area contributed by atoms with Gasteiger partial charge in [-0.2, -0.15) is 0 Å². The number of thiocarbonyl (C=S) groups is 1. The Morgan fingerprint density at radius 2 is 2.07 bits per heavy atom. The van der Waals surface area contributed by atoms with Crippen molar-refractivity contribution in [2.45, 2.75) is 37.6 Å². The first kappa shape index (κ1) is 12.8. The molecule has 1 rings (SSSR count). The third-order valence-electron chi connectivity index (χ3n) is 2.21. The molecule has 0 radical (unpaired) electrons. The molecule has 15 heavy (non-hydrogen) atoms. The van der Waals surface area contributed by atoms with Crippen LogP contribution in [0.15, 0.2) is 0 Å². The minimum Gasteiger partial charge on any atom is -0.457 e. The molecular formula is C8H15NO5S. The largest absolute Gasteiger partial charge is 0.457 e. The fraction of sp³-hybridized carbons (Fsp3) is 0.875. The summed E-state index contributed by atoms with van der Waals surface area (Å²) in [6.07, 6.45) is -4.30. The van der Waals surface area contributed by atoms with Gasteiger partial charge >= 0.3 is 0 Å². The van der Waals surface area contributed by atoms with Gasteiger partial charge in [0.05, 0.1) is 12.6 Å². The fourth-order valence-electron chi connectivity index (χ4n) is 1.37. The summed E-state index contributed by atoms with van der Waals surface area (Å²) >= 11 is 4.71. The van der Waals surface area contributed by atoms with Crippen LogP contribution in [0.2, 0.25) is 0 Å². The molecule has 1 aliphatic rings. The molecule has 5 atom stereocenters. The van der Waals surface area contributed by atoms with E-state index < -0.39 is 37.3 Å². The third-order valence-corrected chi connectivity index (χ3v) is 2.31. The third kappa shape index (κ3) is 2.83. The van der Waals surface area contributed by atoms with Gasteiger partial charge in [0, 0.05) is 6.92 Å². The van der Waals surface area contributed by atoms with Gasteiger partial charge in [0.25, 0.3) is 0 Å². The van der Waals surface area contributed by atoms with Crippen LogP contribution in [0.3, 0.4) is 0 Å². The summed E-state index contributed by atoms with van der Waals surface area (Å²) < 4.78 is 10.2. The van der Waals surface area contributed by atoms with Gasteiger partial charge in [0.15, 0.2) is 5.05 Å². The van der Waals surface area contributed by atoms with E-state index in [1.54, 1.807) is 0 Å². The molecule has 1 aliphatic heterocycles. The highest BCUT2D eigenvalue weighted by Gasteiger charge is 2.43. The number of hydrogen-bond donors (Lipinski definition) is 4. The first-order valence-corrected chi connectivity index (χ1v) is 4.93. The van der Waals surface area contributed by atoms with Crippen molar-refractivity contribution in [1.82, 2.24) is 0 Å². The average Bonchev–Trinajstić information content (AvgIpc) is 2.18. The second kappa shape index (κ2) is 5.15. The van der Waals surface area contributed by atoms with Crippen LogP contribution in [0.25, 0.3) is 0 Å². The van der Waals surface area contributed by atoms with Gasteiger partial charge in [-0.25, -0.2) is 0 Å². The predicted molar refractivity (Wildman–Crippen MR) is 55.1 cm³/mol. The van der Waals surface area contributed by atoms with E-state index in [1.807, 2.05) is 0 Å². The van der Waals surface area contributed by atoms with Gasteiger partial charge in [-0.15, -0.1) is 0 Å². The Kier molecular flexibility index (Phi) is 4.38. The van der Waals surface area contributed by atoms with E-state index in [9.17, 15) is 10.2 Å². The first-order chi connectivity index (χ1) is 6.97. The number of nitrogens with two attached hydrogens (primary N) is 1. The summed E-state index contributed by atoms with van der Waals surface area (Å²) in [7, 11) is 0. The summed E-state index contributed by atoms with van der Waals surface area (Å²) in [5, 5.41) is 28.1. The summed E-state index contributed by atoms with van der Waals surface area (Å²) in [4.78, 5) is 0. The summed E-state index contributed by atoms with van der Waals surface area (Å²) in [5.74, 6) is 0. The molecule has 1 saturated heterocycles. The van der Waals surface area contributed by atoms with E-state index in [4.69, 9.17) is 32.5 Å². The molecule has 1 unspecified atom stereocenters. The molecule has 0 amide bonds. The van der Waals surface area contributed by atoms with E-state index in [-0.39, 0.29) is 5.05 Å². The first-order valence-electron chi connectivity index (χ1n) is 4.52. The molecule has 0 saturated carbocycles. The van der Waals surface area contributed by atoms with Gasteiger partial charge < -0.3 is 30.5 Å². The van der Waals surface area contributed by atoms with Crippen LogP contribution in [-0.4, -0.2) is 57.6 Å². The van der Waals surface area contributed by atoms with Crippen LogP contribution < -0.4 is 5.73 Å².